The second kappa shape index (κ2) is 45.8. The molecule has 10 nitrogen and oxygen atoms in total. The van der Waals surface area contributed by atoms with E-state index in [1.165, 1.54) is 186 Å². The molecule has 8 unspecified atom stereocenters. The molecule has 388 valence electrons. The van der Waals surface area contributed by atoms with Crippen LogP contribution in [0.4, 0.5) is 0 Å². The fraction of sp³-hybridized carbons (Fsp3) is 0.875. The summed E-state index contributed by atoms with van der Waals surface area (Å²) in [5.74, 6) is -0.625. The summed E-state index contributed by atoms with van der Waals surface area (Å²) in [6.07, 6.45) is 48.2. The molecule has 7 N–H and O–H groups in total. The Morgan fingerprint density at radius 3 is 1.32 bits per heavy atom. The average molecular weight is 936 g/mol. The Morgan fingerprint density at radius 2 is 0.894 bits per heavy atom. The van der Waals surface area contributed by atoms with Crippen LogP contribution in [0.3, 0.4) is 0 Å². The second-order valence-electron chi connectivity index (χ2n) is 19.5. The molecule has 1 amide bonds. The van der Waals surface area contributed by atoms with E-state index < -0.39 is 61.5 Å². The molecular formula is C56H105NO9. The molecule has 10 heteroatoms. The molecule has 0 aromatic rings. The molecule has 0 aromatic heterocycles. The summed E-state index contributed by atoms with van der Waals surface area (Å²) in [5, 5.41) is 64.9. The normalized spacial score (nSPS) is 20.5. The average Bonchev–Trinajstić information content (AvgIpc) is 3.32. The third kappa shape index (κ3) is 34.6. The van der Waals surface area contributed by atoms with E-state index in [0.29, 0.717) is 19.3 Å². The fourth-order valence-corrected chi connectivity index (χ4v) is 8.76. The van der Waals surface area contributed by atoms with Crippen LogP contribution >= 0.6 is 0 Å². The highest BCUT2D eigenvalue weighted by Gasteiger charge is 2.44. The molecule has 0 aliphatic carbocycles. The van der Waals surface area contributed by atoms with Gasteiger partial charge in [0.2, 0.25) is 5.91 Å². The van der Waals surface area contributed by atoms with Crippen molar-refractivity contribution < 1.29 is 44.9 Å². The molecule has 0 radical (unpaired) electrons. The van der Waals surface area contributed by atoms with Gasteiger partial charge in [0.05, 0.1) is 25.4 Å². The highest BCUT2D eigenvalue weighted by Crippen LogP contribution is 2.23. The van der Waals surface area contributed by atoms with Crippen LogP contribution in [-0.2, 0) is 14.3 Å². The Hall–Kier alpha value is -1.63. The number of ether oxygens (including phenoxy) is 2. The Balaban J connectivity index is 2.25. The Kier molecular flexibility index (Phi) is 43.3. The lowest BCUT2D eigenvalue weighted by Gasteiger charge is -2.40. The van der Waals surface area contributed by atoms with E-state index in [-0.39, 0.29) is 6.61 Å². The first-order chi connectivity index (χ1) is 32.3. The van der Waals surface area contributed by atoms with Crippen molar-refractivity contribution >= 4 is 5.91 Å². The van der Waals surface area contributed by atoms with Crippen molar-refractivity contribution in [2.45, 2.75) is 300 Å². The molecule has 1 heterocycles. The van der Waals surface area contributed by atoms with Crippen LogP contribution in [0.1, 0.15) is 251 Å². The number of amides is 1. The van der Waals surface area contributed by atoms with Gasteiger partial charge in [0, 0.05) is 0 Å². The van der Waals surface area contributed by atoms with E-state index in [2.05, 4.69) is 43.5 Å². The van der Waals surface area contributed by atoms with Gasteiger partial charge < -0.3 is 45.4 Å². The maximum Gasteiger partial charge on any atom is 0.249 e. The number of aliphatic hydroxyl groups is 6. The van der Waals surface area contributed by atoms with Crippen LogP contribution in [-0.4, -0.2) is 98.7 Å². The predicted octanol–water partition coefficient (Wildman–Crippen LogP) is 12.2. The van der Waals surface area contributed by atoms with Gasteiger partial charge in [-0.2, -0.15) is 0 Å². The van der Waals surface area contributed by atoms with Gasteiger partial charge in [0.15, 0.2) is 6.29 Å². The summed E-state index contributed by atoms with van der Waals surface area (Å²) in [4.78, 5) is 13.1. The van der Waals surface area contributed by atoms with E-state index in [9.17, 15) is 35.4 Å². The number of rotatable bonds is 47. The minimum Gasteiger partial charge on any atom is -0.394 e. The van der Waals surface area contributed by atoms with Crippen molar-refractivity contribution in [2.24, 2.45) is 0 Å². The molecule has 1 fully saturated rings. The Bertz CT molecular complexity index is 1150. The number of allylic oxidation sites excluding steroid dienone is 5. The molecule has 8 atom stereocenters. The van der Waals surface area contributed by atoms with E-state index in [0.717, 1.165) is 32.1 Å². The van der Waals surface area contributed by atoms with E-state index in [1.54, 1.807) is 6.08 Å². The quantitative estimate of drug-likeness (QED) is 0.0232. The van der Waals surface area contributed by atoms with Crippen LogP contribution in [0.15, 0.2) is 36.5 Å². The van der Waals surface area contributed by atoms with Crippen LogP contribution in [0, 0.1) is 0 Å². The number of unbranched alkanes of at least 4 members (excludes halogenated alkanes) is 32. The summed E-state index contributed by atoms with van der Waals surface area (Å²) in [6.45, 7) is 3.60. The predicted molar refractivity (Wildman–Crippen MR) is 273 cm³/mol. The lowest BCUT2D eigenvalue weighted by molar-refractivity contribution is -0.302. The van der Waals surface area contributed by atoms with Crippen LogP contribution in [0.2, 0.25) is 0 Å². The molecule has 0 aromatic carbocycles. The first-order valence-electron chi connectivity index (χ1n) is 27.8. The molecule has 1 aliphatic rings. The number of aliphatic hydroxyl groups excluding tert-OH is 6. The van der Waals surface area contributed by atoms with Crippen LogP contribution in [0.5, 0.6) is 0 Å². The standard InChI is InChI=1S/C56H105NO9/c1-3-5-7-9-11-13-15-17-19-20-21-22-23-24-25-26-27-28-29-30-31-33-35-37-39-41-43-45-50(60)55(64)57-48(47-65-56-54(63)53(62)52(61)51(46-58)66-56)49(59)44-42-40-38-36-34-32-18-16-14-12-10-8-6-4-2/h24-25,34,36,42,44,48-54,56,58-63H,3-23,26-33,35,37-41,43,45-47H2,1-2H3,(H,57,64)/b25-24-,36-34+,44-42+. The van der Waals surface area contributed by atoms with Crippen molar-refractivity contribution in [3.05, 3.63) is 36.5 Å². The van der Waals surface area contributed by atoms with Gasteiger partial charge in [-0.15, -0.1) is 0 Å². The van der Waals surface area contributed by atoms with Crippen LogP contribution in [0.25, 0.3) is 0 Å². The number of hydrogen-bond donors (Lipinski definition) is 7. The Morgan fingerprint density at radius 1 is 0.515 bits per heavy atom. The second-order valence-corrected chi connectivity index (χ2v) is 19.5. The minimum atomic E-state index is -1.62. The molecule has 1 rings (SSSR count). The van der Waals surface area contributed by atoms with Crippen molar-refractivity contribution in [1.29, 1.82) is 0 Å². The van der Waals surface area contributed by atoms with Gasteiger partial charge in [0.25, 0.3) is 0 Å². The summed E-state index contributed by atoms with van der Waals surface area (Å²) in [5.41, 5.74) is 0. The van der Waals surface area contributed by atoms with Gasteiger partial charge in [-0.25, -0.2) is 0 Å². The van der Waals surface area contributed by atoms with Gasteiger partial charge >= 0.3 is 0 Å². The Labute approximate surface area is 404 Å². The van der Waals surface area contributed by atoms with E-state index in [1.807, 2.05) is 6.08 Å². The van der Waals surface area contributed by atoms with Crippen molar-refractivity contribution in [1.82, 2.24) is 5.32 Å². The largest absolute Gasteiger partial charge is 0.394 e. The topological polar surface area (TPSA) is 169 Å². The molecule has 66 heavy (non-hydrogen) atoms. The summed E-state index contributed by atoms with van der Waals surface area (Å²) < 4.78 is 11.2. The van der Waals surface area contributed by atoms with Crippen molar-refractivity contribution in [3.63, 3.8) is 0 Å². The maximum atomic E-state index is 13.1. The molecule has 1 aliphatic heterocycles. The summed E-state index contributed by atoms with van der Waals surface area (Å²) in [6, 6.07) is -0.996. The molecule has 0 spiro atoms. The molecule has 0 saturated carbocycles. The fourth-order valence-electron chi connectivity index (χ4n) is 8.76. The van der Waals surface area contributed by atoms with Gasteiger partial charge in [-0.3, -0.25) is 4.79 Å². The molecule has 1 saturated heterocycles. The monoisotopic (exact) mass is 936 g/mol. The SMILES string of the molecule is CCCCCCCCCC/C=C/CC/C=C/C(O)C(COC1OC(CO)C(O)C(O)C1O)NC(=O)C(O)CCCCCCCCCCCCC/C=C\CCCCCCCCCCCCCC. The lowest BCUT2D eigenvalue weighted by atomic mass is 9.99. The highest BCUT2D eigenvalue weighted by molar-refractivity contribution is 5.80. The van der Waals surface area contributed by atoms with Crippen molar-refractivity contribution in [2.75, 3.05) is 13.2 Å². The third-order valence-corrected chi connectivity index (χ3v) is 13.3. The maximum absolute atomic E-state index is 13.1. The van der Waals surface area contributed by atoms with Gasteiger partial charge in [-0.1, -0.05) is 230 Å². The number of hydrogen-bond acceptors (Lipinski definition) is 9. The smallest absolute Gasteiger partial charge is 0.249 e. The van der Waals surface area contributed by atoms with E-state index in [4.69, 9.17) is 9.47 Å². The summed E-state index contributed by atoms with van der Waals surface area (Å²) in [7, 11) is 0. The molecule has 0 bridgehead atoms. The zero-order valence-electron chi connectivity index (χ0n) is 42.6. The minimum absolute atomic E-state index is 0.304. The highest BCUT2D eigenvalue weighted by atomic mass is 16.7. The zero-order chi connectivity index (χ0) is 48.1. The lowest BCUT2D eigenvalue weighted by Crippen LogP contribution is -2.60. The first kappa shape index (κ1) is 62.4. The number of nitrogens with one attached hydrogen (secondary N) is 1. The molecular weight excluding hydrogens is 831 g/mol. The van der Waals surface area contributed by atoms with Crippen LogP contribution < -0.4 is 5.32 Å². The summed E-state index contributed by atoms with van der Waals surface area (Å²) >= 11 is 0. The van der Waals surface area contributed by atoms with Gasteiger partial charge in [0.1, 0.15) is 30.5 Å². The van der Waals surface area contributed by atoms with E-state index >= 15 is 0 Å². The number of carbonyl (C=O) groups is 1. The third-order valence-electron chi connectivity index (χ3n) is 13.3. The zero-order valence-corrected chi connectivity index (χ0v) is 42.6. The first-order valence-corrected chi connectivity index (χ1v) is 27.8. The number of carbonyl (C=O) groups excluding carboxylic acids is 1. The van der Waals surface area contributed by atoms with Gasteiger partial charge in [-0.05, 0) is 57.8 Å². The van der Waals surface area contributed by atoms with Crippen molar-refractivity contribution in [3.8, 4) is 0 Å².